The van der Waals surface area contributed by atoms with Gasteiger partial charge in [0, 0.05) is 6.54 Å². The first-order valence-electron chi connectivity index (χ1n) is 8.73. The molecule has 2 aliphatic heterocycles. The fraction of sp³-hybridized carbons (Fsp3) is 0.882. The Morgan fingerprint density at radius 2 is 2.00 bits per heavy atom. The quantitative estimate of drug-likeness (QED) is 0.783. The molecule has 1 saturated heterocycles. The monoisotopic (exact) mass is 279 g/mol. The van der Waals surface area contributed by atoms with Gasteiger partial charge in [-0.2, -0.15) is 0 Å². The van der Waals surface area contributed by atoms with E-state index in [2.05, 4.69) is 30.1 Å². The van der Waals surface area contributed by atoms with E-state index in [0.717, 1.165) is 30.7 Å². The molecule has 0 amide bonds. The van der Waals surface area contributed by atoms with Crippen LogP contribution in [-0.4, -0.2) is 24.2 Å². The largest absolute Gasteiger partial charge is 0.386 e. The number of nitrogens with one attached hydrogen (secondary N) is 1. The van der Waals surface area contributed by atoms with Crippen LogP contribution >= 0.6 is 0 Å². The second kappa shape index (κ2) is 7.92. The lowest BCUT2D eigenvalue weighted by Gasteiger charge is -2.43. The number of nitrogens with zero attached hydrogens (tertiary/aromatic N) is 1. The van der Waals surface area contributed by atoms with Crippen molar-refractivity contribution < 1.29 is 0 Å². The summed E-state index contributed by atoms with van der Waals surface area (Å²) in [5.74, 6) is 2.59. The summed E-state index contributed by atoms with van der Waals surface area (Å²) in [6.07, 6.45) is 13.2. The van der Waals surface area contributed by atoms with Gasteiger partial charge in [0.25, 0.3) is 0 Å². The molecular formula is C17H33N3. The van der Waals surface area contributed by atoms with E-state index in [4.69, 9.17) is 5.73 Å². The maximum atomic E-state index is 6.32. The van der Waals surface area contributed by atoms with Gasteiger partial charge in [0.15, 0.2) is 0 Å². The van der Waals surface area contributed by atoms with Crippen LogP contribution in [-0.2, 0) is 0 Å². The van der Waals surface area contributed by atoms with Crippen LogP contribution in [0.25, 0.3) is 0 Å². The number of hydrogen-bond donors (Lipinski definition) is 2. The van der Waals surface area contributed by atoms with E-state index in [9.17, 15) is 0 Å². The van der Waals surface area contributed by atoms with Crippen molar-refractivity contribution >= 4 is 0 Å². The third-order valence-corrected chi connectivity index (χ3v) is 5.06. The first kappa shape index (κ1) is 15.7. The van der Waals surface area contributed by atoms with Crippen LogP contribution in [0.3, 0.4) is 0 Å². The van der Waals surface area contributed by atoms with Gasteiger partial charge in [0.2, 0.25) is 0 Å². The predicted octanol–water partition coefficient (Wildman–Crippen LogP) is 3.42. The van der Waals surface area contributed by atoms with Crippen LogP contribution in [0.2, 0.25) is 0 Å². The topological polar surface area (TPSA) is 41.3 Å². The van der Waals surface area contributed by atoms with E-state index in [1.165, 1.54) is 51.4 Å². The van der Waals surface area contributed by atoms with Crippen LogP contribution in [0, 0.1) is 11.8 Å². The van der Waals surface area contributed by atoms with E-state index >= 15 is 0 Å². The summed E-state index contributed by atoms with van der Waals surface area (Å²) in [5.41, 5.74) is 6.32. The first-order valence-corrected chi connectivity index (χ1v) is 8.73. The summed E-state index contributed by atoms with van der Waals surface area (Å²) >= 11 is 0. The SMILES string of the molecule is CCCCC1CC=C(N)N2CCCNC2C1CCCC. The third kappa shape index (κ3) is 3.69. The lowest BCUT2D eigenvalue weighted by Crippen LogP contribution is -2.56. The van der Waals surface area contributed by atoms with Crippen molar-refractivity contribution in [2.45, 2.75) is 71.4 Å². The molecule has 2 heterocycles. The molecule has 0 spiro atoms. The fourth-order valence-electron chi connectivity index (χ4n) is 3.87. The molecule has 3 unspecified atom stereocenters. The van der Waals surface area contributed by atoms with Gasteiger partial charge in [0.05, 0.1) is 12.0 Å². The van der Waals surface area contributed by atoms with Crippen molar-refractivity contribution in [2.24, 2.45) is 17.6 Å². The molecule has 3 heteroatoms. The Bertz CT molecular complexity index is 313. The molecule has 2 rings (SSSR count). The third-order valence-electron chi connectivity index (χ3n) is 5.06. The molecule has 1 fully saturated rings. The maximum Gasteiger partial charge on any atom is 0.0958 e. The molecule has 0 aromatic rings. The standard InChI is InChI=1S/C17H33N3/c1-3-5-8-14-10-11-16(18)20-13-7-12-19-17(20)15(14)9-6-4-2/h11,14-15,17,19H,3-10,12-13,18H2,1-2H3. The summed E-state index contributed by atoms with van der Waals surface area (Å²) in [6.45, 7) is 6.88. The summed E-state index contributed by atoms with van der Waals surface area (Å²) in [4.78, 5) is 2.44. The average molecular weight is 279 g/mol. The second-order valence-electron chi connectivity index (χ2n) is 6.52. The Labute approximate surface area is 125 Å². The Morgan fingerprint density at radius 3 is 2.75 bits per heavy atom. The minimum Gasteiger partial charge on any atom is -0.386 e. The fourth-order valence-corrected chi connectivity index (χ4v) is 3.87. The zero-order valence-electron chi connectivity index (χ0n) is 13.4. The highest BCUT2D eigenvalue weighted by molar-refractivity contribution is 5.06. The molecule has 20 heavy (non-hydrogen) atoms. The number of allylic oxidation sites excluding steroid dienone is 1. The molecule has 0 radical (unpaired) electrons. The van der Waals surface area contributed by atoms with Gasteiger partial charge >= 0.3 is 0 Å². The lowest BCUT2D eigenvalue weighted by molar-refractivity contribution is 0.0809. The zero-order valence-corrected chi connectivity index (χ0v) is 13.4. The number of rotatable bonds is 6. The minimum absolute atomic E-state index is 0.482. The Morgan fingerprint density at radius 1 is 1.25 bits per heavy atom. The van der Waals surface area contributed by atoms with Crippen molar-refractivity contribution in [3.8, 4) is 0 Å². The molecule has 3 atom stereocenters. The lowest BCUT2D eigenvalue weighted by atomic mass is 9.80. The van der Waals surface area contributed by atoms with Crippen LogP contribution in [0.1, 0.15) is 65.2 Å². The van der Waals surface area contributed by atoms with Crippen molar-refractivity contribution in [3.05, 3.63) is 11.9 Å². The van der Waals surface area contributed by atoms with Crippen molar-refractivity contribution in [2.75, 3.05) is 13.1 Å². The molecule has 3 N–H and O–H groups in total. The number of nitrogens with two attached hydrogens (primary N) is 1. The van der Waals surface area contributed by atoms with E-state index in [1.807, 2.05) is 0 Å². The van der Waals surface area contributed by atoms with Gasteiger partial charge in [-0.05, 0) is 50.1 Å². The van der Waals surface area contributed by atoms with E-state index < -0.39 is 0 Å². The maximum absolute atomic E-state index is 6.32. The number of hydrogen-bond acceptors (Lipinski definition) is 3. The van der Waals surface area contributed by atoms with Crippen LogP contribution in [0.15, 0.2) is 11.9 Å². The van der Waals surface area contributed by atoms with Gasteiger partial charge in [-0.15, -0.1) is 0 Å². The minimum atomic E-state index is 0.482. The number of fused-ring (bicyclic) bond motifs is 1. The van der Waals surface area contributed by atoms with E-state index in [1.54, 1.807) is 0 Å². The smallest absolute Gasteiger partial charge is 0.0958 e. The zero-order chi connectivity index (χ0) is 14.4. The summed E-state index contributed by atoms with van der Waals surface area (Å²) in [5, 5.41) is 3.76. The molecule has 0 bridgehead atoms. The molecule has 0 aliphatic carbocycles. The van der Waals surface area contributed by atoms with Crippen LogP contribution in [0.4, 0.5) is 0 Å². The number of unbranched alkanes of at least 4 members (excludes halogenated alkanes) is 2. The Kier molecular flexibility index (Phi) is 6.21. The highest BCUT2D eigenvalue weighted by Crippen LogP contribution is 2.35. The molecule has 3 nitrogen and oxygen atoms in total. The Hall–Kier alpha value is -0.700. The highest BCUT2D eigenvalue weighted by atomic mass is 15.3. The van der Waals surface area contributed by atoms with Crippen molar-refractivity contribution in [1.82, 2.24) is 10.2 Å². The van der Waals surface area contributed by atoms with Gasteiger partial charge in [-0.1, -0.05) is 39.5 Å². The molecular weight excluding hydrogens is 246 g/mol. The molecule has 0 aromatic carbocycles. The van der Waals surface area contributed by atoms with Crippen molar-refractivity contribution in [3.63, 3.8) is 0 Å². The average Bonchev–Trinajstić information content (AvgIpc) is 2.61. The summed E-state index contributed by atoms with van der Waals surface area (Å²) < 4.78 is 0. The Balaban J connectivity index is 2.13. The molecule has 2 aliphatic rings. The highest BCUT2D eigenvalue weighted by Gasteiger charge is 2.36. The summed E-state index contributed by atoms with van der Waals surface area (Å²) in [7, 11) is 0. The van der Waals surface area contributed by atoms with Crippen LogP contribution < -0.4 is 11.1 Å². The molecule has 0 saturated carbocycles. The molecule has 116 valence electrons. The van der Waals surface area contributed by atoms with Gasteiger partial charge in [-0.25, -0.2) is 0 Å². The second-order valence-corrected chi connectivity index (χ2v) is 6.52. The van der Waals surface area contributed by atoms with Crippen molar-refractivity contribution in [1.29, 1.82) is 0 Å². The predicted molar refractivity (Wildman–Crippen MR) is 86.0 cm³/mol. The van der Waals surface area contributed by atoms with E-state index in [-0.39, 0.29) is 0 Å². The van der Waals surface area contributed by atoms with Gasteiger partial charge in [0.1, 0.15) is 0 Å². The summed E-state index contributed by atoms with van der Waals surface area (Å²) in [6, 6.07) is 0. The molecule has 0 aromatic heterocycles. The van der Waals surface area contributed by atoms with Crippen LogP contribution in [0.5, 0.6) is 0 Å². The van der Waals surface area contributed by atoms with Gasteiger partial charge < -0.3 is 10.6 Å². The normalized spacial score (nSPS) is 30.6. The van der Waals surface area contributed by atoms with E-state index in [0.29, 0.717) is 6.17 Å². The van der Waals surface area contributed by atoms with Gasteiger partial charge in [-0.3, -0.25) is 5.32 Å². The first-order chi connectivity index (χ1) is 9.77.